The third-order valence-corrected chi connectivity index (χ3v) is 7.56. The summed E-state index contributed by atoms with van der Waals surface area (Å²) in [5.74, 6) is -1.25. The summed E-state index contributed by atoms with van der Waals surface area (Å²) >= 11 is 0. The SMILES string of the molecule is Cc1ccc(NC(=O)COC(=O)c2ccc3nncn3c2)cc1S(=O)(=O)N1CCCCCC1. The molecule has 1 aliphatic rings. The van der Waals surface area contributed by atoms with Gasteiger partial charge in [-0.1, -0.05) is 18.9 Å². The molecular formula is C22H25N5O5S. The molecule has 1 N–H and O–H groups in total. The van der Waals surface area contributed by atoms with Gasteiger partial charge in [-0.25, -0.2) is 13.2 Å². The first-order valence-electron chi connectivity index (χ1n) is 10.7. The molecule has 2 aromatic heterocycles. The third-order valence-electron chi connectivity index (χ3n) is 5.52. The number of anilines is 1. The number of benzene rings is 1. The molecule has 174 valence electrons. The molecular weight excluding hydrogens is 446 g/mol. The topological polar surface area (TPSA) is 123 Å². The molecule has 0 radical (unpaired) electrons. The van der Waals surface area contributed by atoms with E-state index in [1.807, 2.05) is 0 Å². The summed E-state index contributed by atoms with van der Waals surface area (Å²) in [6.45, 7) is 2.20. The van der Waals surface area contributed by atoms with E-state index in [2.05, 4.69) is 15.5 Å². The molecule has 11 heteroatoms. The lowest BCUT2D eigenvalue weighted by atomic mass is 10.2. The van der Waals surface area contributed by atoms with Crippen LogP contribution in [0.3, 0.4) is 0 Å². The van der Waals surface area contributed by atoms with E-state index in [0.29, 0.717) is 30.0 Å². The van der Waals surface area contributed by atoms with Gasteiger partial charge in [0.05, 0.1) is 10.5 Å². The molecule has 0 spiro atoms. The van der Waals surface area contributed by atoms with Crippen molar-refractivity contribution in [2.45, 2.75) is 37.5 Å². The van der Waals surface area contributed by atoms with Crippen LogP contribution in [0.15, 0.2) is 47.8 Å². The van der Waals surface area contributed by atoms with Crippen LogP contribution in [0.4, 0.5) is 5.69 Å². The number of fused-ring (bicyclic) bond motifs is 1. The standard InChI is InChI=1S/C22H25N5O5S/c1-16-6-8-18(12-19(16)33(30,31)27-10-4-2-3-5-11-27)24-21(28)14-32-22(29)17-7-9-20-25-23-15-26(20)13-17/h6-9,12-13,15H,2-5,10-11,14H2,1H3,(H,24,28). The van der Waals surface area contributed by atoms with Crippen LogP contribution in [0.2, 0.25) is 0 Å². The summed E-state index contributed by atoms with van der Waals surface area (Å²) in [5, 5.41) is 10.2. The van der Waals surface area contributed by atoms with Gasteiger partial charge >= 0.3 is 5.97 Å². The zero-order valence-corrected chi connectivity index (χ0v) is 19.0. The second kappa shape index (κ2) is 9.67. The third kappa shape index (κ3) is 5.20. The predicted molar refractivity (Wildman–Crippen MR) is 120 cm³/mol. The minimum Gasteiger partial charge on any atom is -0.452 e. The molecule has 0 unspecified atom stereocenters. The van der Waals surface area contributed by atoms with E-state index >= 15 is 0 Å². The molecule has 0 atom stereocenters. The van der Waals surface area contributed by atoms with Crippen LogP contribution in [0.1, 0.15) is 41.6 Å². The molecule has 0 bridgehead atoms. The smallest absolute Gasteiger partial charge is 0.340 e. The van der Waals surface area contributed by atoms with Crippen LogP contribution in [-0.4, -0.2) is 58.9 Å². The Morgan fingerprint density at radius 1 is 1.09 bits per heavy atom. The highest BCUT2D eigenvalue weighted by atomic mass is 32.2. The number of sulfonamides is 1. The van der Waals surface area contributed by atoms with E-state index in [-0.39, 0.29) is 10.5 Å². The number of carbonyl (C=O) groups excluding carboxylic acids is 2. The Kier molecular flexibility index (Phi) is 6.70. The predicted octanol–water partition coefficient (Wildman–Crippen LogP) is 2.40. The maximum absolute atomic E-state index is 13.2. The van der Waals surface area contributed by atoms with Crippen LogP contribution in [0, 0.1) is 6.92 Å². The monoisotopic (exact) mass is 471 g/mol. The van der Waals surface area contributed by atoms with Crippen molar-refractivity contribution >= 4 is 33.2 Å². The molecule has 0 aliphatic carbocycles. The second-order valence-electron chi connectivity index (χ2n) is 7.94. The number of ether oxygens (including phenoxy) is 1. The Bertz CT molecular complexity index is 1280. The highest BCUT2D eigenvalue weighted by Crippen LogP contribution is 2.25. The number of amides is 1. The van der Waals surface area contributed by atoms with Gasteiger partial charge in [0.1, 0.15) is 6.33 Å². The number of pyridine rings is 1. The first-order chi connectivity index (χ1) is 15.8. The number of nitrogens with one attached hydrogen (secondary N) is 1. The van der Waals surface area contributed by atoms with Gasteiger partial charge in [-0.3, -0.25) is 9.20 Å². The van der Waals surface area contributed by atoms with Crippen LogP contribution >= 0.6 is 0 Å². The number of hydrogen-bond donors (Lipinski definition) is 1. The van der Waals surface area contributed by atoms with Gasteiger partial charge in [-0.2, -0.15) is 4.31 Å². The highest BCUT2D eigenvalue weighted by molar-refractivity contribution is 7.89. The van der Waals surface area contributed by atoms with E-state index in [1.54, 1.807) is 29.5 Å². The Hall–Kier alpha value is -3.31. The van der Waals surface area contributed by atoms with Crippen molar-refractivity contribution in [1.29, 1.82) is 0 Å². The molecule has 1 saturated heterocycles. The number of esters is 1. The van der Waals surface area contributed by atoms with Crippen molar-refractivity contribution in [2.75, 3.05) is 25.0 Å². The molecule has 0 saturated carbocycles. The fourth-order valence-corrected chi connectivity index (χ4v) is 5.50. The Morgan fingerprint density at radius 2 is 1.85 bits per heavy atom. The fraction of sp³-hybridized carbons (Fsp3) is 0.364. The molecule has 10 nitrogen and oxygen atoms in total. The number of nitrogens with zero attached hydrogens (tertiary/aromatic N) is 4. The molecule has 3 aromatic rings. The van der Waals surface area contributed by atoms with Crippen molar-refractivity contribution in [1.82, 2.24) is 18.9 Å². The van der Waals surface area contributed by atoms with Crippen molar-refractivity contribution in [3.05, 3.63) is 54.0 Å². The Balaban J connectivity index is 1.41. The van der Waals surface area contributed by atoms with Crippen molar-refractivity contribution in [3.8, 4) is 0 Å². The summed E-state index contributed by atoms with van der Waals surface area (Å²) in [4.78, 5) is 24.8. The van der Waals surface area contributed by atoms with Crippen molar-refractivity contribution < 1.29 is 22.7 Å². The van der Waals surface area contributed by atoms with E-state index < -0.39 is 28.5 Å². The van der Waals surface area contributed by atoms with Crippen LogP contribution < -0.4 is 5.32 Å². The van der Waals surface area contributed by atoms with Gasteiger partial charge in [-0.15, -0.1) is 10.2 Å². The largest absolute Gasteiger partial charge is 0.452 e. The first kappa shape index (κ1) is 22.9. The van der Waals surface area contributed by atoms with Crippen LogP contribution in [-0.2, 0) is 19.6 Å². The summed E-state index contributed by atoms with van der Waals surface area (Å²) in [7, 11) is -3.67. The molecule has 33 heavy (non-hydrogen) atoms. The number of aryl methyl sites for hydroxylation is 1. The number of hydrogen-bond acceptors (Lipinski definition) is 7. The van der Waals surface area contributed by atoms with E-state index in [4.69, 9.17) is 4.74 Å². The maximum Gasteiger partial charge on any atom is 0.340 e. The molecule has 1 aliphatic heterocycles. The Morgan fingerprint density at radius 3 is 2.61 bits per heavy atom. The summed E-state index contributed by atoms with van der Waals surface area (Å²) in [6, 6.07) is 7.87. The van der Waals surface area contributed by atoms with E-state index in [1.165, 1.54) is 29.0 Å². The van der Waals surface area contributed by atoms with Crippen molar-refractivity contribution in [3.63, 3.8) is 0 Å². The van der Waals surface area contributed by atoms with Gasteiger partial charge in [0.2, 0.25) is 10.0 Å². The van der Waals surface area contributed by atoms with Gasteiger partial charge in [0.25, 0.3) is 5.91 Å². The average Bonchev–Trinajstić information content (AvgIpc) is 3.09. The first-order valence-corrected chi connectivity index (χ1v) is 12.2. The lowest BCUT2D eigenvalue weighted by molar-refractivity contribution is -0.119. The van der Waals surface area contributed by atoms with E-state index in [0.717, 1.165) is 25.7 Å². The molecule has 1 aromatic carbocycles. The zero-order valence-electron chi connectivity index (χ0n) is 18.2. The van der Waals surface area contributed by atoms with Gasteiger partial charge in [-0.05, 0) is 49.6 Å². The zero-order chi connectivity index (χ0) is 23.4. The molecule has 3 heterocycles. The molecule has 1 amide bonds. The van der Waals surface area contributed by atoms with Gasteiger partial charge < -0.3 is 10.1 Å². The highest BCUT2D eigenvalue weighted by Gasteiger charge is 2.27. The van der Waals surface area contributed by atoms with Crippen molar-refractivity contribution in [2.24, 2.45) is 0 Å². The molecule has 4 rings (SSSR count). The van der Waals surface area contributed by atoms with Gasteiger partial charge in [0.15, 0.2) is 12.3 Å². The second-order valence-corrected chi connectivity index (χ2v) is 9.84. The normalized spacial score (nSPS) is 15.2. The summed E-state index contributed by atoms with van der Waals surface area (Å²) in [5.41, 5.74) is 1.75. The average molecular weight is 472 g/mol. The van der Waals surface area contributed by atoms with Gasteiger partial charge in [0, 0.05) is 25.0 Å². The minimum absolute atomic E-state index is 0.168. The number of aromatic nitrogens is 3. The van der Waals surface area contributed by atoms with Crippen LogP contribution in [0.25, 0.3) is 5.65 Å². The minimum atomic E-state index is -3.67. The lowest BCUT2D eigenvalue weighted by Gasteiger charge is -2.21. The number of carbonyl (C=O) groups is 2. The quantitative estimate of drug-likeness (QED) is 0.548. The van der Waals surface area contributed by atoms with E-state index in [9.17, 15) is 18.0 Å². The Labute approximate surface area is 191 Å². The summed E-state index contributed by atoms with van der Waals surface area (Å²) < 4.78 is 34.5. The number of rotatable bonds is 6. The fourth-order valence-electron chi connectivity index (χ4n) is 3.74. The summed E-state index contributed by atoms with van der Waals surface area (Å²) in [6.07, 6.45) is 6.68. The van der Waals surface area contributed by atoms with Crippen LogP contribution in [0.5, 0.6) is 0 Å². The maximum atomic E-state index is 13.2. The molecule has 1 fully saturated rings. The lowest BCUT2D eigenvalue weighted by Crippen LogP contribution is -2.32.